The zero-order valence-corrected chi connectivity index (χ0v) is 11.8. The largest absolute Gasteiger partial charge is 0.465 e. The molecule has 1 aromatic heterocycles. The lowest BCUT2D eigenvalue weighted by atomic mass is 10.2. The van der Waals surface area contributed by atoms with Crippen LogP contribution < -0.4 is 4.72 Å². The van der Waals surface area contributed by atoms with Gasteiger partial charge in [-0.3, -0.25) is 0 Å². The minimum Gasteiger partial charge on any atom is -0.465 e. The zero-order valence-electron chi connectivity index (χ0n) is 11.0. The Balaban J connectivity index is 3.22. The number of esters is 1. The molecule has 0 bridgehead atoms. The SMILES string of the molecule is COC(=O)c1c(C)oc(C)c1S(=O)(=O)NCCCO. The number of hydrogen-bond acceptors (Lipinski definition) is 6. The Bertz CT molecular complexity index is 560. The van der Waals surface area contributed by atoms with E-state index >= 15 is 0 Å². The van der Waals surface area contributed by atoms with Crippen LogP contribution in [0, 0.1) is 13.8 Å². The molecule has 108 valence electrons. The van der Waals surface area contributed by atoms with Crippen molar-refractivity contribution in [2.45, 2.75) is 25.2 Å². The van der Waals surface area contributed by atoms with Gasteiger partial charge in [-0.25, -0.2) is 17.9 Å². The summed E-state index contributed by atoms with van der Waals surface area (Å²) in [6.07, 6.45) is 0.280. The molecule has 8 heteroatoms. The number of aliphatic hydroxyl groups excluding tert-OH is 1. The van der Waals surface area contributed by atoms with Gasteiger partial charge in [0.1, 0.15) is 22.0 Å². The highest BCUT2D eigenvalue weighted by atomic mass is 32.2. The predicted molar refractivity (Wildman–Crippen MR) is 66.4 cm³/mol. The molecule has 0 atom stereocenters. The number of aryl methyl sites for hydroxylation is 2. The van der Waals surface area contributed by atoms with E-state index in [0.29, 0.717) is 0 Å². The fraction of sp³-hybridized carbons (Fsp3) is 0.545. The Morgan fingerprint density at radius 1 is 1.37 bits per heavy atom. The molecule has 0 amide bonds. The van der Waals surface area contributed by atoms with Gasteiger partial charge in [0, 0.05) is 13.2 Å². The number of sulfonamides is 1. The van der Waals surface area contributed by atoms with Gasteiger partial charge in [0.15, 0.2) is 0 Å². The molecule has 1 heterocycles. The standard InChI is InChI=1S/C11H17NO6S/c1-7-9(11(14)17-3)10(8(2)18-7)19(15,16)12-5-4-6-13/h12-13H,4-6H2,1-3H3. The van der Waals surface area contributed by atoms with Crippen molar-refractivity contribution in [2.24, 2.45) is 0 Å². The molecule has 0 spiro atoms. The van der Waals surface area contributed by atoms with Crippen molar-refractivity contribution in [3.05, 3.63) is 17.1 Å². The van der Waals surface area contributed by atoms with Gasteiger partial charge in [0.25, 0.3) is 0 Å². The van der Waals surface area contributed by atoms with Crippen molar-refractivity contribution in [1.29, 1.82) is 0 Å². The number of carbonyl (C=O) groups is 1. The van der Waals surface area contributed by atoms with Crippen LogP contribution in [0.15, 0.2) is 9.31 Å². The number of aliphatic hydroxyl groups is 1. The third-order valence-corrected chi connectivity index (χ3v) is 4.10. The molecule has 0 aromatic carbocycles. The van der Waals surface area contributed by atoms with Crippen molar-refractivity contribution in [3.8, 4) is 0 Å². The lowest BCUT2D eigenvalue weighted by Gasteiger charge is -2.06. The van der Waals surface area contributed by atoms with E-state index in [1.807, 2.05) is 0 Å². The Labute approximate surface area is 111 Å². The van der Waals surface area contributed by atoms with E-state index in [0.717, 1.165) is 0 Å². The molecule has 2 N–H and O–H groups in total. The van der Waals surface area contributed by atoms with Crippen molar-refractivity contribution < 1.29 is 27.5 Å². The normalized spacial score (nSPS) is 11.6. The van der Waals surface area contributed by atoms with E-state index in [1.54, 1.807) is 0 Å². The fourth-order valence-electron chi connectivity index (χ4n) is 1.68. The second kappa shape index (κ2) is 6.18. The van der Waals surface area contributed by atoms with E-state index in [1.165, 1.54) is 21.0 Å². The Morgan fingerprint density at radius 2 is 2.00 bits per heavy atom. The molecule has 0 unspecified atom stereocenters. The highest BCUT2D eigenvalue weighted by molar-refractivity contribution is 7.89. The number of nitrogens with one attached hydrogen (secondary N) is 1. The quantitative estimate of drug-likeness (QED) is 0.578. The fourth-order valence-corrected chi connectivity index (χ4v) is 3.16. The van der Waals surface area contributed by atoms with E-state index in [2.05, 4.69) is 9.46 Å². The average molecular weight is 291 g/mol. The van der Waals surface area contributed by atoms with Gasteiger partial charge in [-0.2, -0.15) is 0 Å². The van der Waals surface area contributed by atoms with Crippen LogP contribution in [0.3, 0.4) is 0 Å². The highest BCUT2D eigenvalue weighted by Crippen LogP contribution is 2.27. The van der Waals surface area contributed by atoms with Gasteiger partial charge < -0.3 is 14.3 Å². The van der Waals surface area contributed by atoms with Crippen molar-refractivity contribution in [3.63, 3.8) is 0 Å². The summed E-state index contributed by atoms with van der Waals surface area (Å²) in [4.78, 5) is 11.4. The first-order valence-electron chi connectivity index (χ1n) is 5.64. The maximum Gasteiger partial charge on any atom is 0.342 e. The number of rotatable bonds is 6. The molecule has 0 saturated heterocycles. The summed E-state index contributed by atoms with van der Waals surface area (Å²) in [5.74, 6) is -0.460. The van der Waals surface area contributed by atoms with Gasteiger partial charge in [0.05, 0.1) is 7.11 Å². The molecule has 0 fully saturated rings. The Kier molecular flexibility index (Phi) is 5.10. The van der Waals surface area contributed by atoms with Gasteiger partial charge in [-0.05, 0) is 20.3 Å². The average Bonchev–Trinajstić information content (AvgIpc) is 2.64. The monoisotopic (exact) mass is 291 g/mol. The summed E-state index contributed by atoms with van der Waals surface area (Å²) in [5, 5.41) is 8.65. The maximum absolute atomic E-state index is 12.1. The van der Waals surface area contributed by atoms with Crippen LogP contribution in [0.2, 0.25) is 0 Å². The highest BCUT2D eigenvalue weighted by Gasteiger charge is 2.31. The minimum absolute atomic E-state index is 0.0725. The van der Waals surface area contributed by atoms with Gasteiger partial charge in [-0.15, -0.1) is 0 Å². The third-order valence-electron chi connectivity index (χ3n) is 2.49. The van der Waals surface area contributed by atoms with Crippen LogP contribution in [0.1, 0.15) is 28.3 Å². The number of carbonyl (C=O) groups excluding carboxylic acids is 1. The van der Waals surface area contributed by atoms with Crippen molar-refractivity contribution >= 4 is 16.0 Å². The Hall–Kier alpha value is -1.38. The second-order valence-corrected chi connectivity index (χ2v) is 5.59. The van der Waals surface area contributed by atoms with Crippen LogP contribution in [0.25, 0.3) is 0 Å². The van der Waals surface area contributed by atoms with Crippen LogP contribution in [-0.2, 0) is 14.8 Å². The van der Waals surface area contributed by atoms with Crippen LogP contribution >= 0.6 is 0 Å². The topological polar surface area (TPSA) is 106 Å². The summed E-state index contributed by atoms with van der Waals surface area (Å²) >= 11 is 0. The molecule has 0 aliphatic carbocycles. The zero-order chi connectivity index (χ0) is 14.6. The van der Waals surface area contributed by atoms with Gasteiger partial charge in [-0.1, -0.05) is 0 Å². The van der Waals surface area contributed by atoms with Crippen molar-refractivity contribution in [1.82, 2.24) is 4.72 Å². The first kappa shape index (κ1) is 15.7. The first-order valence-corrected chi connectivity index (χ1v) is 7.12. The van der Waals surface area contributed by atoms with E-state index in [9.17, 15) is 13.2 Å². The molecule has 19 heavy (non-hydrogen) atoms. The number of methoxy groups -OCH3 is 1. The van der Waals surface area contributed by atoms with E-state index < -0.39 is 16.0 Å². The molecule has 0 saturated carbocycles. The Morgan fingerprint density at radius 3 is 2.53 bits per heavy atom. The molecule has 0 aliphatic heterocycles. The van der Waals surface area contributed by atoms with Crippen LogP contribution in [-0.4, -0.2) is 39.8 Å². The molecule has 0 radical (unpaired) electrons. The summed E-state index contributed by atoms with van der Waals surface area (Å²) in [6.45, 7) is 2.89. The summed E-state index contributed by atoms with van der Waals surface area (Å²) in [7, 11) is -2.72. The third kappa shape index (κ3) is 3.34. The minimum atomic E-state index is -3.88. The van der Waals surface area contributed by atoms with Gasteiger partial charge in [0.2, 0.25) is 10.0 Å². The summed E-state index contributed by atoms with van der Waals surface area (Å²) in [5.41, 5.74) is -0.100. The lowest BCUT2D eigenvalue weighted by Crippen LogP contribution is -2.27. The summed E-state index contributed by atoms with van der Waals surface area (Å²) < 4.78 is 36.3. The molecule has 1 rings (SSSR count). The van der Waals surface area contributed by atoms with Gasteiger partial charge >= 0.3 is 5.97 Å². The predicted octanol–water partition coefficient (Wildman–Crippen LogP) is 0.344. The molecular weight excluding hydrogens is 274 g/mol. The first-order chi connectivity index (χ1) is 8.85. The van der Waals surface area contributed by atoms with Crippen molar-refractivity contribution in [2.75, 3.05) is 20.3 Å². The lowest BCUT2D eigenvalue weighted by molar-refractivity contribution is 0.0595. The van der Waals surface area contributed by atoms with E-state index in [-0.39, 0.29) is 41.6 Å². The van der Waals surface area contributed by atoms with Crippen LogP contribution in [0.4, 0.5) is 0 Å². The smallest absolute Gasteiger partial charge is 0.342 e. The number of hydrogen-bond donors (Lipinski definition) is 2. The van der Waals surface area contributed by atoms with Crippen LogP contribution in [0.5, 0.6) is 0 Å². The van der Waals surface area contributed by atoms with E-state index in [4.69, 9.17) is 9.52 Å². The molecule has 0 aliphatic rings. The maximum atomic E-state index is 12.1. The molecular formula is C11H17NO6S. The molecule has 7 nitrogen and oxygen atoms in total. The second-order valence-electron chi connectivity index (χ2n) is 3.89. The summed E-state index contributed by atoms with van der Waals surface area (Å²) in [6, 6.07) is 0. The number of furan rings is 1. The number of ether oxygens (including phenoxy) is 1. The molecule has 1 aromatic rings.